The number of fused-ring (bicyclic) bond motifs is 8. The summed E-state index contributed by atoms with van der Waals surface area (Å²) in [6.45, 7) is 7.19. The van der Waals surface area contributed by atoms with Crippen LogP contribution in [0.1, 0.15) is 43.0 Å². The molecule has 0 aliphatic heterocycles. The lowest BCUT2D eigenvalue weighted by molar-refractivity contribution is 0.659. The Morgan fingerprint density at radius 2 is 1.05 bits per heavy atom. The zero-order chi connectivity index (χ0) is 37.5. The van der Waals surface area contributed by atoms with Crippen molar-refractivity contribution in [2.24, 2.45) is 5.92 Å². The van der Waals surface area contributed by atoms with Crippen molar-refractivity contribution >= 4 is 38.4 Å². The normalized spacial score (nSPS) is 15.2. The standard InChI is InChI=1S/C56H42/c1-35-24-28-45-48(30-35)50(34-52-55(45)47-22-11-12-23-51(47)56(52,2)3)54-44-21-10-9-20-43(44)53(37-15-5-4-6-16-37)46-29-27-42(33-49(46)54)40-19-13-18-39(32-40)41-26-25-36-14-7-8-17-38(36)31-41/h4-29,31-35H,30H2,1-3H3. The summed E-state index contributed by atoms with van der Waals surface area (Å²) >= 11 is 0. The number of hydrogen-bond donors (Lipinski definition) is 0. The SMILES string of the molecule is CC1C=Cc2c(c(-c3c4ccccc4c(-c4ccccc4)c4ccc(-c5cccc(-c6ccc7ccccc7c6)c5)cc34)cc3c2-c2ccccc2C3(C)C)C1. The molecule has 266 valence electrons. The molecule has 1 atom stereocenters. The number of hydrogen-bond acceptors (Lipinski definition) is 0. The number of rotatable bonds is 4. The molecule has 0 N–H and O–H groups in total. The monoisotopic (exact) mass is 714 g/mol. The molecule has 0 nitrogen and oxygen atoms in total. The van der Waals surface area contributed by atoms with Gasteiger partial charge in [0.25, 0.3) is 0 Å². The summed E-state index contributed by atoms with van der Waals surface area (Å²) in [7, 11) is 0. The molecule has 0 heteroatoms. The fourth-order valence-corrected chi connectivity index (χ4v) is 10.0. The van der Waals surface area contributed by atoms with Gasteiger partial charge in [0.15, 0.2) is 0 Å². The van der Waals surface area contributed by atoms with Gasteiger partial charge in [0.05, 0.1) is 0 Å². The molecule has 0 heterocycles. The zero-order valence-electron chi connectivity index (χ0n) is 32.1. The van der Waals surface area contributed by atoms with Crippen LogP contribution in [-0.4, -0.2) is 0 Å². The average molecular weight is 715 g/mol. The van der Waals surface area contributed by atoms with Crippen LogP contribution >= 0.6 is 0 Å². The van der Waals surface area contributed by atoms with Crippen LogP contribution in [0.3, 0.4) is 0 Å². The van der Waals surface area contributed by atoms with E-state index in [0.717, 1.165) is 6.42 Å². The van der Waals surface area contributed by atoms with Gasteiger partial charge in [0.2, 0.25) is 0 Å². The van der Waals surface area contributed by atoms with Gasteiger partial charge in [0, 0.05) is 5.41 Å². The maximum Gasteiger partial charge on any atom is 0.0159 e. The van der Waals surface area contributed by atoms with Crippen LogP contribution in [0.5, 0.6) is 0 Å². The third kappa shape index (κ3) is 4.99. The molecule has 0 saturated carbocycles. The molecule has 0 spiro atoms. The molecule has 11 rings (SSSR count). The van der Waals surface area contributed by atoms with Gasteiger partial charge in [-0.2, -0.15) is 0 Å². The van der Waals surface area contributed by atoms with Gasteiger partial charge in [-0.05, 0) is 147 Å². The molecule has 0 fully saturated rings. The van der Waals surface area contributed by atoms with E-state index in [9.17, 15) is 0 Å². The first-order valence-electron chi connectivity index (χ1n) is 20.1. The molecule has 9 aromatic rings. The summed E-state index contributed by atoms with van der Waals surface area (Å²) in [5, 5.41) is 7.72. The molecular formula is C56H42. The van der Waals surface area contributed by atoms with Crippen LogP contribution in [0.15, 0.2) is 176 Å². The lowest BCUT2D eigenvalue weighted by Gasteiger charge is -2.28. The number of benzene rings is 9. The van der Waals surface area contributed by atoms with E-state index in [1.54, 1.807) is 0 Å². The third-order valence-electron chi connectivity index (χ3n) is 12.8. The van der Waals surface area contributed by atoms with Crippen LogP contribution in [0, 0.1) is 5.92 Å². The molecule has 1 unspecified atom stereocenters. The topological polar surface area (TPSA) is 0 Å². The molecule has 0 aromatic heterocycles. The Morgan fingerprint density at radius 3 is 1.88 bits per heavy atom. The predicted molar refractivity (Wildman–Crippen MR) is 240 cm³/mol. The molecule has 2 aliphatic rings. The maximum atomic E-state index is 2.59. The van der Waals surface area contributed by atoms with E-state index >= 15 is 0 Å². The molecular weight excluding hydrogens is 673 g/mol. The molecule has 0 radical (unpaired) electrons. The zero-order valence-corrected chi connectivity index (χ0v) is 32.1. The van der Waals surface area contributed by atoms with E-state index in [1.807, 2.05) is 0 Å². The quantitative estimate of drug-likeness (QED) is 0.159. The first-order valence-corrected chi connectivity index (χ1v) is 20.1. The maximum absolute atomic E-state index is 2.59. The van der Waals surface area contributed by atoms with Crippen molar-refractivity contribution in [3.05, 3.63) is 198 Å². The predicted octanol–water partition coefficient (Wildman–Crippen LogP) is 15.3. The molecule has 0 bridgehead atoms. The Morgan fingerprint density at radius 1 is 0.429 bits per heavy atom. The summed E-state index contributed by atoms with van der Waals surface area (Å²) in [5.74, 6) is 0.457. The van der Waals surface area contributed by atoms with Crippen molar-refractivity contribution in [1.82, 2.24) is 0 Å². The Labute approximate surface area is 329 Å². The van der Waals surface area contributed by atoms with Crippen LogP contribution < -0.4 is 0 Å². The summed E-state index contributed by atoms with van der Waals surface area (Å²) in [6.07, 6.45) is 5.88. The minimum atomic E-state index is -0.115. The van der Waals surface area contributed by atoms with Gasteiger partial charge in [-0.25, -0.2) is 0 Å². The minimum absolute atomic E-state index is 0.115. The smallest absolute Gasteiger partial charge is 0.0159 e. The van der Waals surface area contributed by atoms with Gasteiger partial charge in [-0.15, -0.1) is 0 Å². The second-order valence-corrected chi connectivity index (χ2v) is 16.5. The summed E-state index contributed by atoms with van der Waals surface area (Å²) in [5.41, 5.74) is 18.6. The highest BCUT2D eigenvalue weighted by molar-refractivity contribution is 6.22. The number of allylic oxidation sites excluding steroid dienone is 1. The van der Waals surface area contributed by atoms with Crippen molar-refractivity contribution in [3.63, 3.8) is 0 Å². The summed E-state index contributed by atoms with van der Waals surface area (Å²) < 4.78 is 0. The van der Waals surface area contributed by atoms with Crippen LogP contribution in [0.4, 0.5) is 0 Å². The van der Waals surface area contributed by atoms with Crippen molar-refractivity contribution in [1.29, 1.82) is 0 Å². The van der Waals surface area contributed by atoms with Crippen LogP contribution in [-0.2, 0) is 11.8 Å². The fourth-order valence-electron chi connectivity index (χ4n) is 10.0. The highest BCUT2D eigenvalue weighted by Crippen LogP contribution is 2.55. The summed E-state index contributed by atoms with van der Waals surface area (Å²) in [6, 6.07) is 63.6. The fraction of sp³-hybridized carbons (Fsp3) is 0.107. The molecule has 9 aromatic carbocycles. The average Bonchev–Trinajstić information content (AvgIpc) is 3.48. The highest BCUT2D eigenvalue weighted by atomic mass is 14.4. The van der Waals surface area contributed by atoms with Crippen LogP contribution in [0.25, 0.3) is 94.0 Å². The summed E-state index contributed by atoms with van der Waals surface area (Å²) in [4.78, 5) is 0. The first-order chi connectivity index (χ1) is 27.4. The molecule has 0 amide bonds. The minimum Gasteiger partial charge on any atom is -0.0807 e. The second kappa shape index (κ2) is 12.5. The molecule has 0 saturated heterocycles. The lowest BCUT2D eigenvalue weighted by atomic mass is 9.75. The van der Waals surface area contributed by atoms with Gasteiger partial charge in [-0.1, -0.05) is 179 Å². The lowest BCUT2D eigenvalue weighted by Crippen LogP contribution is -2.16. The van der Waals surface area contributed by atoms with E-state index in [1.165, 1.54) is 110 Å². The van der Waals surface area contributed by atoms with Gasteiger partial charge in [-0.3, -0.25) is 0 Å². The van der Waals surface area contributed by atoms with E-state index in [-0.39, 0.29) is 5.41 Å². The first kappa shape index (κ1) is 32.9. The third-order valence-corrected chi connectivity index (χ3v) is 12.8. The van der Waals surface area contributed by atoms with Crippen molar-refractivity contribution < 1.29 is 0 Å². The largest absolute Gasteiger partial charge is 0.0807 e. The van der Waals surface area contributed by atoms with Gasteiger partial charge >= 0.3 is 0 Å². The second-order valence-electron chi connectivity index (χ2n) is 16.5. The van der Waals surface area contributed by atoms with Gasteiger partial charge in [0.1, 0.15) is 0 Å². The van der Waals surface area contributed by atoms with Crippen molar-refractivity contribution in [2.45, 2.75) is 32.6 Å². The van der Waals surface area contributed by atoms with Crippen LogP contribution in [0.2, 0.25) is 0 Å². The van der Waals surface area contributed by atoms with E-state index in [0.29, 0.717) is 5.92 Å². The molecule has 2 aliphatic carbocycles. The van der Waals surface area contributed by atoms with Crippen molar-refractivity contribution in [3.8, 4) is 55.6 Å². The van der Waals surface area contributed by atoms with Crippen molar-refractivity contribution in [2.75, 3.05) is 0 Å². The molecule has 56 heavy (non-hydrogen) atoms. The Bertz CT molecular complexity index is 3080. The van der Waals surface area contributed by atoms with Gasteiger partial charge < -0.3 is 0 Å². The van der Waals surface area contributed by atoms with E-state index in [4.69, 9.17) is 0 Å². The Kier molecular flexibility index (Phi) is 7.35. The van der Waals surface area contributed by atoms with E-state index < -0.39 is 0 Å². The Balaban J connectivity index is 1.22. The Hall–Kier alpha value is -6.50. The highest BCUT2D eigenvalue weighted by Gasteiger charge is 2.39. The van der Waals surface area contributed by atoms with E-state index in [2.05, 4.69) is 203 Å².